The van der Waals surface area contributed by atoms with Gasteiger partial charge in [0.15, 0.2) is 0 Å². The first-order valence-electron chi connectivity index (χ1n) is 9.78. The van der Waals surface area contributed by atoms with Crippen LogP contribution >= 0.6 is 0 Å². The molecule has 0 heterocycles. The maximum absolute atomic E-state index is 14.3. The summed E-state index contributed by atoms with van der Waals surface area (Å²) in [6.45, 7) is 15.3. The topological polar surface area (TPSA) is 71.6 Å². The minimum Gasteiger partial charge on any atom is -0.379 e. The molecule has 1 amide bonds. The average molecular weight is 378 g/mol. The summed E-state index contributed by atoms with van der Waals surface area (Å²) in [5.41, 5.74) is -0.941. The Morgan fingerprint density at radius 1 is 1.08 bits per heavy atom. The van der Waals surface area contributed by atoms with Gasteiger partial charge in [0.05, 0.1) is 32.0 Å². The third-order valence-corrected chi connectivity index (χ3v) is 4.24. The highest BCUT2D eigenvalue weighted by molar-refractivity contribution is 5.78. The van der Waals surface area contributed by atoms with Crippen molar-refractivity contribution in [1.82, 2.24) is 16.0 Å². The molecule has 0 saturated carbocycles. The predicted molar refractivity (Wildman–Crippen MR) is 104 cm³/mol. The van der Waals surface area contributed by atoms with Crippen molar-refractivity contribution in [2.75, 3.05) is 46.0 Å². The quantitative estimate of drug-likeness (QED) is 0.358. The van der Waals surface area contributed by atoms with Crippen molar-refractivity contribution < 1.29 is 18.7 Å². The van der Waals surface area contributed by atoms with Crippen LogP contribution in [-0.2, 0) is 14.3 Å². The molecular formula is C19H40FN3O3. The van der Waals surface area contributed by atoms with Gasteiger partial charge in [0.25, 0.3) is 0 Å². The van der Waals surface area contributed by atoms with Gasteiger partial charge in [-0.3, -0.25) is 4.79 Å². The molecule has 0 saturated heterocycles. The van der Waals surface area contributed by atoms with E-state index in [-0.39, 0.29) is 18.4 Å². The molecule has 0 aliphatic carbocycles. The van der Waals surface area contributed by atoms with Crippen LogP contribution in [0.2, 0.25) is 0 Å². The number of rotatable bonds is 16. The van der Waals surface area contributed by atoms with Gasteiger partial charge in [-0.25, -0.2) is 4.39 Å². The minimum absolute atomic E-state index is 0.0259. The Kier molecular flexibility index (Phi) is 13.9. The Balaban J connectivity index is 3.71. The van der Waals surface area contributed by atoms with Crippen LogP contribution < -0.4 is 16.0 Å². The number of nitrogens with one attached hydrogen (secondary N) is 3. The van der Waals surface area contributed by atoms with Gasteiger partial charge in [-0.1, -0.05) is 27.7 Å². The average Bonchev–Trinajstić information content (AvgIpc) is 2.59. The van der Waals surface area contributed by atoms with Crippen molar-refractivity contribution in [3.05, 3.63) is 0 Å². The predicted octanol–water partition coefficient (Wildman–Crippen LogP) is 1.89. The summed E-state index contributed by atoms with van der Waals surface area (Å²) in [6.07, 6.45) is -0.515. The normalized spacial score (nSPS) is 14.5. The summed E-state index contributed by atoms with van der Waals surface area (Å²) in [7, 11) is 0. The Hall–Kier alpha value is -0.760. The van der Waals surface area contributed by atoms with Crippen molar-refractivity contribution >= 4 is 5.91 Å². The summed E-state index contributed by atoms with van der Waals surface area (Å²) >= 11 is 0. The van der Waals surface area contributed by atoms with E-state index in [0.29, 0.717) is 32.4 Å². The molecule has 2 unspecified atom stereocenters. The van der Waals surface area contributed by atoms with Gasteiger partial charge in [0.2, 0.25) is 5.91 Å². The van der Waals surface area contributed by atoms with Crippen LogP contribution in [-0.4, -0.2) is 69.7 Å². The van der Waals surface area contributed by atoms with Gasteiger partial charge in [-0.15, -0.1) is 0 Å². The van der Waals surface area contributed by atoms with E-state index in [4.69, 9.17) is 9.47 Å². The van der Waals surface area contributed by atoms with Crippen molar-refractivity contribution in [1.29, 1.82) is 0 Å². The molecule has 0 aliphatic rings. The zero-order chi connectivity index (χ0) is 20.0. The molecule has 156 valence electrons. The van der Waals surface area contributed by atoms with Crippen LogP contribution in [0.1, 0.15) is 48.0 Å². The molecule has 26 heavy (non-hydrogen) atoms. The maximum atomic E-state index is 14.3. The van der Waals surface area contributed by atoms with E-state index in [1.54, 1.807) is 13.8 Å². The molecule has 0 fully saturated rings. The molecule has 0 spiro atoms. The lowest BCUT2D eigenvalue weighted by Crippen LogP contribution is -2.45. The molecule has 0 aromatic heterocycles. The maximum Gasteiger partial charge on any atom is 0.222 e. The molecule has 0 bridgehead atoms. The van der Waals surface area contributed by atoms with E-state index in [1.165, 1.54) is 0 Å². The fourth-order valence-electron chi connectivity index (χ4n) is 2.06. The third kappa shape index (κ3) is 12.6. The molecule has 0 aromatic carbocycles. The monoisotopic (exact) mass is 377 g/mol. The van der Waals surface area contributed by atoms with Crippen LogP contribution in [0.15, 0.2) is 0 Å². The van der Waals surface area contributed by atoms with Gasteiger partial charge in [-0.05, 0) is 20.3 Å². The van der Waals surface area contributed by atoms with E-state index in [2.05, 4.69) is 29.8 Å². The molecule has 0 radical (unpaired) electrons. The van der Waals surface area contributed by atoms with Gasteiger partial charge < -0.3 is 25.4 Å². The Bertz CT molecular complexity index is 368. The number of hydrogen-bond acceptors (Lipinski definition) is 5. The third-order valence-electron chi connectivity index (χ3n) is 4.24. The summed E-state index contributed by atoms with van der Waals surface area (Å²) in [6, 6.07) is 0.472. The second-order valence-electron chi connectivity index (χ2n) is 7.45. The van der Waals surface area contributed by atoms with E-state index in [9.17, 15) is 9.18 Å². The Labute approximate surface area is 159 Å². The smallest absolute Gasteiger partial charge is 0.222 e. The van der Waals surface area contributed by atoms with E-state index in [1.807, 2.05) is 13.8 Å². The number of hydrogen-bond donors (Lipinski definition) is 3. The first kappa shape index (κ1) is 25.2. The molecule has 0 aliphatic heterocycles. The molecule has 0 aromatic rings. The number of ether oxygens (including phenoxy) is 2. The van der Waals surface area contributed by atoms with Gasteiger partial charge in [0, 0.05) is 31.6 Å². The van der Waals surface area contributed by atoms with Crippen molar-refractivity contribution in [2.45, 2.75) is 65.8 Å². The van der Waals surface area contributed by atoms with Crippen LogP contribution in [0, 0.1) is 5.92 Å². The molecule has 0 rings (SSSR count). The number of carbonyl (C=O) groups is 1. The SMILES string of the molecule is CCC(C)C(=O)NCC(F)C(C)(C)OCCNCCOCCNC(C)C. The summed E-state index contributed by atoms with van der Waals surface area (Å²) in [4.78, 5) is 11.7. The lowest BCUT2D eigenvalue weighted by Gasteiger charge is -2.29. The van der Waals surface area contributed by atoms with E-state index >= 15 is 0 Å². The highest BCUT2D eigenvalue weighted by atomic mass is 19.1. The van der Waals surface area contributed by atoms with Crippen LogP contribution in [0.4, 0.5) is 4.39 Å². The number of alkyl halides is 1. The number of carbonyl (C=O) groups excluding carboxylic acids is 1. The molecular weight excluding hydrogens is 337 g/mol. The fourth-order valence-corrected chi connectivity index (χ4v) is 2.06. The lowest BCUT2D eigenvalue weighted by molar-refractivity contribution is -0.125. The summed E-state index contributed by atoms with van der Waals surface area (Å²) in [5, 5.41) is 9.14. The van der Waals surface area contributed by atoms with Gasteiger partial charge in [-0.2, -0.15) is 0 Å². The molecule has 2 atom stereocenters. The van der Waals surface area contributed by atoms with Gasteiger partial charge in [0.1, 0.15) is 6.17 Å². The van der Waals surface area contributed by atoms with Gasteiger partial charge >= 0.3 is 0 Å². The van der Waals surface area contributed by atoms with Crippen molar-refractivity contribution in [3.63, 3.8) is 0 Å². The minimum atomic E-state index is -1.26. The first-order valence-corrected chi connectivity index (χ1v) is 9.78. The van der Waals surface area contributed by atoms with Crippen LogP contribution in [0.5, 0.6) is 0 Å². The van der Waals surface area contributed by atoms with Crippen molar-refractivity contribution in [3.8, 4) is 0 Å². The van der Waals surface area contributed by atoms with Crippen molar-refractivity contribution in [2.24, 2.45) is 5.92 Å². The second kappa shape index (κ2) is 14.3. The highest BCUT2D eigenvalue weighted by Gasteiger charge is 2.31. The zero-order valence-electron chi connectivity index (χ0n) is 17.5. The fraction of sp³-hybridized carbons (Fsp3) is 0.947. The van der Waals surface area contributed by atoms with E-state index in [0.717, 1.165) is 19.5 Å². The molecule has 6 nitrogen and oxygen atoms in total. The number of halogens is 1. The van der Waals surface area contributed by atoms with Crippen LogP contribution in [0.3, 0.4) is 0 Å². The Morgan fingerprint density at radius 3 is 2.31 bits per heavy atom. The zero-order valence-corrected chi connectivity index (χ0v) is 17.5. The first-order chi connectivity index (χ1) is 12.2. The lowest BCUT2D eigenvalue weighted by atomic mass is 10.0. The molecule has 3 N–H and O–H groups in total. The van der Waals surface area contributed by atoms with Crippen LogP contribution in [0.25, 0.3) is 0 Å². The Morgan fingerprint density at radius 2 is 1.69 bits per heavy atom. The standard InChI is InChI=1S/C19H40FN3O3/c1-7-16(4)18(24)23-14-17(20)19(5,6)26-13-9-21-8-11-25-12-10-22-15(2)3/h15-17,21-22H,7-14H2,1-6H3,(H,23,24). The highest BCUT2D eigenvalue weighted by Crippen LogP contribution is 2.17. The second-order valence-corrected chi connectivity index (χ2v) is 7.45. The van der Waals surface area contributed by atoms with E-state index < -0.39 is 11.8 Å². The molecule has 7 heteroatoms. The largest absolute Gasteiger partial charge is 0.379 e. The number of amides is 1. The summed E-state index contributed by atoms with van der Waals surface area (Å²) < 4.78 is 25.5. The summed E-state index contributed by atoms with van der Waals surface area (Å²) in [5.74, 6) is -0.213.